The summed E-state index contributed by atoms with van der Waals surface area (Å²) >= 11 is 0. The molecule has 0 spiro atoms. The van der Waals surface area contributed by atoms with E-state index >= 15 is 0 Å². The summed E-state index contributed by atoms with van der Waals surface area (Å²) in [6, 6.07) is 0. The lowest BCUT2D eigenvalue weighted by molar-refractivity contribution is 0.0566. The molecular formula is C59H127N15O14. The third-order valence-corrected chi connectivity index (χ3v) is 14.0. The molecule has 0 radical (unpaired) electrons. The average Bonchev–Trinajstić information content (AvgIpc) is 1.08. The number of likely N-dealkylation sites (N-methyl/N-ethyl adjacent to an activating group) is 3. The molecule has 8 atom stereocenters. The fourth-order valence-corrected chi connectivity index (χ4v) is 9.10. The van der Waals surface area contributed by atoms with Crippen molar-refractivity contribution in [1.29, 1.82) is 0 Å². The van der Waals surface area contributed by atoms with Gasteiger partial charge in [-0.25, -0.2) is 56.2 Å². The molecule has 0 amide bonds. The van der Waals surface area contributed by atoms with Crippen LogP contribution in [0, 0.1) is 0 Å². The molecule has 3 heterocycles. The van der Waals surface area contributed by atoms with Gasteiger partial charge in [-0.3, -0.25) is 10.2 Å². The van der Waals surface area contributed by atoms with Gasteiger partial charge < -0.3 is 75.2 Å². The third kappa shape index (κ3) is 36.3. The van der Waals surface area contributed by atoms with Crippen LogP contribution in [0.15, 0.2) is 28.8 Å². The number of aromatic nitrogens is 6. The largest absolute Gasteiger partial charge is 0.392 e. The zero-order valence-electron chi connectivity index (χ0n) is 54.2. The Morgan fingerprint density at radius 3 is 1.08 bits per heavy atom. The average molecular weight is 1270 g/mol. The van der Waals surface area contributed by atoms with Crippen LogP contribution in [0.25, 0.3) is 0 Å². The lowest BCUT2D eigenvalue weighted by Gasteiger charge is -2.28. The van der Waals surface area contributed by atoms with Gasteiger partial charge in [0.1, 0.15) is 6.23 Å². The van der Waals surface area contributed by atoms with Gasteiger partial charge in [-0.1, -0.05) is 50.0 Å². The zero-order chi connectivity index (χ0) is 64.5. The van der Waals surface area contributed by atoms with Gasteiger partial charge in [0.25, 0.3) is 0 Å². The van der Waals surface area contributed by atoms with Gasteiger partial charge in [-0.05, 0) is 174 Å². The predicted molar refractivity (Wildman–Crippen MR) is 352 cm³/mol. The van der Waals surface area contributed by atoms with E-state index in [4.69, 9.17) is 4.74 Å². The van der Waals surface area contributed by atoms with E-state index in [1.807, 2.05) is 102 Å². The number of aliphatic hydroxyl groups is 7. The number of rotatable bonds is 43. The van der Waals surface area contributed by atoms with E-state index in [9.17, 15) is 64.5 Å². The van der Waals surface area contributed by atoms with Crippen molar-refractivity contribution < 1.29 is 40.5 Å². The third-order valence-electron chi connectivity index (χ3n) is 14.0. The Balaban J connectivity index is -0.00000148. The molecule has 1 aliphatic heterocycles. The molecule has 2 aromatic heterocycles. The molecule has 2 aromatic rings. The van der Waals surface area contributed by atoms with Crippen molar-refractivity contribution in [2.45, 2.75) is 183 Å². The molecule has 0 bridgehead atoms. The minimum atomic E-state index is -1.23. The number of ether oxygens (including phenoxy) is 1. The summed E-state index contributed by atoms with van der Waals surface area (Å²) in [4.78, 5) is 93.3. The summed E-state index contributed by atoms with van der Waals surface area (Å²) in [6.45, 7) is 13.9. The van der Waals surface area contributed by atoms with Crippen LogP contribution in [0.3, 0.4) is 0 Å². The Bertz CT molecular complexity index is 2480. The second kappa shape index (κ2) is 48.0. The molecule has 1 saturated heterocycles. The summed E-state index contributed by atoms with van der Waals surface area (Å²) in [5.41, 5.74) is -5.50. The quantitative estimate of drug-likeness (QED) is 0.0177. The highest BCUT2D eigenvalue weighted by molar-refractivity contribution is 4.85. The van der Waals surface area contributed by atoms with Crippen LogP contribution in [0.2, 0.25) is 0 Å². The lowest BCUT2D eigenvalue weighted by atomic mass is 10.2. The van der Waals surface area contributed by atoms with Gasteiger partial charge in [0.2, 0.25) is 0 Å². The standard InChI is InChI=1S/C28H58N8O7.C24H49N7O6.C4H8O.3CH4/c1-8-22(37)17-33(15-11-13-31(5)6)18-24(39)20-35-26(41)34(19-23(38)16-32(7)14-10-12-30(3)4)27(42)36(28(35)43)21-25(40)29-9-2;1-7-19(32)16-29-22(35)30(17-20(33)14-25-10-8-11-26(2)3)24(37)31(23(29)36)18-21(34)15-28(6)13-9-12-27(4)5;1-2-4-3-5-4;;;/h22-25,29,37-40H,8-21H2,1-7H3;19-21,25,32-34H,7-18H2,1-6H3;4H,2-3H2,1H3;3*1H4. The molecule has 1 fully saturated rings. The van der Waals surface area contributed by atoms with Gasteiger partial charge in [-0.2, -0.15) is 0 Å². The van der Waals surface area contributed by atoms with Gasteiger partial charge in [0.05, 0.1) is 88.6 Å². The van der Waals surface area contributed by atoms with Crippen molar-refractivity contribution in [2.24, 2.45) is 0 Å². The van der Waals surface area contributed by atoms with Gasteiger partial charge in [0.15, 0.2) is 0 Å². The maximum Gasteiger partial charge on any atom is 0.336 e. The molecule has 1 aliphatic rings. The summed E-state index contributed by atoms with van der Waals surface area (Å²) in [6.07, 6.45) is -1.01. The molecule has 0 saturated carbocycles. The first-order chi connectivity index (χ1) is 40.0. The Hall–Kier alpha value is -3.86. The van der Waals surface area contributed by atoms with Crippen molar-refractivity contribution in [3.05, 3.63) is 62.9 Å². The number of nitrogens with one attached hydrogen (secondary N) is 2. The first-order valence-electron chi connectivity index (χ1n) is 30.4. The van der Waals surface area contributed by atoms with E-state index in [0.717, 1.165) is 92.4 Å². The SMILES string of the molecule is C.C.C.CCC(O)Cn1c(=O)n(CC(O)CNCCCN(C)C)c(=O)n(CC(O)CN(C)CCCN(C)C)c1=O.CCC1CO1.CCNC(O)Cn1c(=O)n(CC(O)CN(C)CCCN(C)C)c(=O)n(CC(O)CN(CCCN(C)C)CC(O)CC)c1=O. The monoisotopic (exact) mass is 1270 g/mol. The number of hydrogen-bond acceptors (Lipinski definition) is 23. The van der Waals surface area contributed by atoms with Crippen molar-refractivity contribution in [3.63, 3.8) is 0 Å². The summed E-state index contributed by atoms with van der Waals surface area (Å²) in [5, 5.41) is 79.4. The van der Waals surface area contributed by atoms with Gasteiger partial charge in [-0.15, -0.1) is 0 Å². The van der Waals surface area contributed by atoms with Crippen LogP contribution in [0.1, 0.15) is 94.9 Å². The molecule has 3 rings (SSSR count). The molecular weight excluding hydrogens is 1140 g/mol. The second-order valence-electron chi connectivity index (χ2n) is 23.7. The lowest BCUT2D eigenvalue weighted by Crippen LogP contribution is -2.58. The van der Waals surface area contributed by atoms with Crippen molar-refractivity contribution in [3.8, 4) is 0 Å². The van der Waals surface area contributed by atoms with Crippen molar-refractivity contribution >= 4 is 0 Å². The van der Waals surface area contributed by atoms with Gasteiger partial charge in [0, 0.05) is 32.7 Å². The number of nitrogens with zero attached hydrogens (tertiary/aromatic N) is 13. The first kappa shape index (κ1) is 88.3. The fourth-order valence-electron chi connectivity index (χ4n) is 9.10. The maximum atomic E-state index is 13.5. The van der Waals surface area contributed by atoms with Crippen molar-refractivity contribution in [1.82, 2.24) is 72.3 Å². The Kier molecular flexibility index (Phi) is 48.2. The van der Waals surface area contributed by atoms with Crippen molar-refractivity contribution in [2.75, 3.05) is 169 Å². The van der Waals surface area contributed by atoms with E-state index in [1.165, 1.54) is 6.42 Å². The molecule has 522 valence electrons. The smallest absolute Gasteiger partial charge is 0.336 e. The molecule has 29 heteroatoms. The highest BCUT2D eigenvalue weighted by Gasteiger charge is 2.25. The van der Waals surface area contributed by atoms with Crippen LogP contribution in [0.4, 0.5) is 0 Å². The Morgan fingerprint density at radius 2 is 0.750 bits per heavy atom. The van der Waals surface area contributed by atoms with E-state index in [0.29, 0.717) is 51.7 Å². The van der Waals surface area contributed by atoms with Crippen LogP contribution in [-0.4, -0.2) is 315 Å². The molecule has 0 aromatic carbocycles. The topological polar surface area (TPSA) is 333 Å². The van der Waals surface area contributed by atoms with Gasteiger partial charge >= 0.3 is 34.1 Å². The Morgan fingerprint density at radius 1 is 0.432 bits per heavy atom. The molecule has 29 nitrogen and oxygen atoms in total. The van der Waals surface area contributed by atoms with Crippen LogP contribution in [0.5, 0.6) is 0 Å². The van der Waals surface area contributed by atoms with Crippen LogP contribution in [-0.2, 0) is 44.0 Å². The molecule has 88 heavy (non-hydrogen) atoms. The number of hydrogen-bond donors (Lipinski definition) is 9. The fraction of sp³-hybridized carbons (Fsp3) is 0.898. The summed E-state index contributed by atoms with van der Waals surface area (Å²) in [5.74, 6) is 0. The second-order valence-corrected chi connectivity index (χ2v) is 23.7. The normalized spacial score (nSPS) is 15.5. The Labute approximate surface area is 525 Å². The van der Waals surface area contributed by atoms with E-state index < -0.39 is 90.1 Å². The minimum absolute atomic E-state index is 0. The number of epoxide rings is 1. The van der Waals surface area contributed by atoms with E-state index in [-0.39, 0.29) is 74.6 Å². The maximum absolute atomic E-state index is 13.5. The summed E-state index contributed by atoms with van der Waals surface area (Å²) in [7, 11) is 19.5. The zero-order valence-corrected chi connectivity index (χ0v) is 54.2. The number of aliphatic hydroxyl groups excluding tert-OH is 7. The van der Waals surface area contributed by atoms with Crippen LogP contribution < -0.4 is 44.8 Å². The minimum Gasteiger partial charge on any atom is -0.392 e. The highest BCUT2D eigenvalue weighted by atomic mass is 16.6. The summed E-state index contributed by atoms with van der Waals surface area (Å²) < 4.78 is 9.62. The first-order valence-corrected chi connectivity index (χ1v) is 30.4. The molecule has 0 aliphatic carbocycles. The molecule has 8 unspecified atom stereocenters. The molecule has 9 N–H and O–H groups in total. The van der Waals surface area contributed by atoms with E-state index in [2.05, 4.69) is 27.4 Å². The van der Waals surface area contributed by atoms with E-state index in [1.54, 1.807) is 13.8 Å². The predicted octanol–water partition coefficient (Wildman–Crippen LogP) is -3.48. The van der Waals surface area contributed by atoms with Crippen LogP contribution >= 0.6 is 0 Å². The highest BCUT2D eigenvalue weighted by Crippen LogP contribution is 2.11.